The molecule has 0 bridgehead atoms. The van der Waals surface area contributed by atoms with Crippen LogP contribution >= 0.6 is 0 Å². The Labute approximate surface area is 163 Å². The van der Waals surface area contributed by atoms with Crippen molar-refractivity contribution in [2.75, 3.05) is 0 Å². The fourth-order valence-corrected chi connectivity index (χ4v) is 2.56. The molecule has 29 heavy (non-hydrogen) atoms. The Kier molecular flexibility index (Phi) is 5.49. The second kappa shape index (κ2) is 8.17. The fourth-order valence-electron chi connectivity index (χ4n) is 2.56. The summed E-state index contributed by atoms with van der Waals surface area (Å²) in [5.74, 6) is -0.567. The summed E-state index contributed by atoms with van der Waals surface area (Å²) in [4.78, 5) is 44.8. The molecule has 0 spiro atoms. The summed E-state index contributed by atoms with van der Waals surface area (Å²) >= 11 is 0. The first kappa shape index (κ1) is 19.5. The molecule has 3 rings (SSSR count). The molecule has 0 radical (unpaired) electrons. The number of ketones is 2. The Morgan fingerprint density at radius 2 is 1.34 bits per heavy atom. The lowest BCUT2D eigenvalue weighted by atomic mass is 10.1. The normalized spacial score (nSPS) is 10.5. The monoisotopic (exact) mass is 396 g/mol. The van der Waals surface area contributed by atoms with Crippen LogP contribution in [0.25, 0.3) is 0 Å². The van der Waals surface area contributed by atoms with Gasteiger partial charge in [-0.25, -0.2) is 4.57 Å². The molecule has 0 aliphatic rings. The van der Waals surface area contributed by atoms with Crippen LogP contribution in [0.2, 0.25) is 0 Å². The highest BCUT2D eigenvalue weighted by Crippen LogP contribution is 2.13. The van der Waals surface area contributed by atoms with Gasteiger partial charge in [-0.05, 0) is 24.3 Å². The van der Waals surface area contributed by atoms with Crippen LogP contribution in [-0.4, -0.2) is 31.2 Å². The Balaban J connectivity index is 1.62. The van der Waals surface area contributed by atoms with Crippen molar-refractivity contribution in [3.05, 3.63) is 92.5 Å². The number of benzene rings is 2. The van der Waals surface area contributed by atoms with Gasteiger partial charge in [-0.15, -0.1) is 4.68 Å². The second-order valence-corrected chi connectivity index (χ2v) is 6.07. The highest BCUT2D eigenvalue weighted by molar-refractivity contribution is 5.96. The number of Topliss-reactive ketones (excluding diaryl/α,β-unsaturated/α-hetero) is 2. The summed E-state index contributed by atoms with van der Waals surface area (Å²) in [5.41, 5.74) is 0.410. The number of nitro benzene ring substituents is 2. The fraction of sp³-hybridized carbons (Fsp3) is 0.111. The van der Waals surface area contributed by atoms with Gasteiger partial charge in [0.2, 0.25) is 6.33 Å². The highest BCUT2D eigenvalue weighted by Gasteiger charge is 2.17. The van der Waals surface area contributed by atoms with Crippen molar-refractivity contribution in [3.8, 4) is 0 Å². The zero-order valence-corrected chi connectivity index (χ0v) is 14.9. The number of non-ortho nitro benzene ring substituents is 2. The van der Waals surface area contributed by atoms with Gasteiger partial charge >= 0.3 is 0 Å². The summed E-state index contributed by atoms with van der Waals surface area (Å²) in [7, 11) is 0. The molecule has 2 aromatic carbocycles. The van der Waals surface area contributed by atoms with E-state index in [1.807, 2.05) is 0 Å². The third kappa shape index (κ3) is 4.71. The van der Waals surface area contributed by atoms with Crippen LogP contribution < -0.4 is 4.57 Å². The smallest absolute Gasteiger partial charge is 0.269 e. The summed E-state index contributed by atoms with van der Waals surface area (Å²) in [5, 5.41) is 25.3. The third-order valence-corrected chi connectivity index (χ3v) is 4.06. The first-order valence-corrected chi connectivity index (χ1v) is 8.30. The van der Waals surface area contributed by atoms with Crippen molar-refractivity contribution in [2.45, 2.75) is 13.1 Å². The molecule has 1 heterocycles. The standard InChI is InChI=1S/C18H14N5O6/c24-17(13-1-5-15(6-2-13)22(26)27)9-20-11-19-21(12-20)10-18(25)14-3-7-16(8-4-14)23(28)29/h1-8,11-12H,9-10H2/q+1. The van der Waals surface area contributed by atoms with Gasteiger partial charge in [-0.2, -0.15) is 0 Å². The van der Waals surface area contributed by atoms with E-state index in [1.54, 1.807) is 0 Å². The van der Waals surface area contributed by atoms with Gasteiger partial charge in [-0.1, -0.05) is 0 Å². The van der Waals surface area contributed by atoms with Gasteiger partial charge in [-0.3, -0.25) is 29.8 Å². The molecule has 11 nitrogen and oxygen atoms in total. The summed E-state index contributed by atoms with van der Waals surface area (Å²) in [6.45, 7) is -0.153. The highest BCUT2D eigenvalue weighted by atomic mass is 16.6. The molecular formula is C18H14N5O6+. The molecule has 0 aliphatic carbocycles. The Bertz CT molecular complexity index is 1000. The van der Waals surface area contributed by atoms with Crippen LogP contribution in [0.15, 0.2) is 61.2 Å². The van der Waals surface area contributed by atoms with E-state index < -0.39 is 9.85 Å². The van der Waals surface area contributed by atoms with Crippen LogP contribution in [0.4, 0.5) is 11.4 Å². The molecule has 11 heteroatoms. The molecule has 0 N–H and O–H groups in total. The van der Waals surface area contributed by atoms with Crippen molar-refractivity contribution in [2.24, 2.45) is 0 Å². The molecule has 0 fully saturated rings. The number of nitro groups is 2. The molecule has 146 valence electrons. The average molecular weight is 396 g/mol. The Morgan fingerprint density at radius 3 is 1.83 bits per heavy atom. The van der Waals surface area contributed by atoms with Crippen molar-refractivity contribution < 1.29 is 24.0 Å². The number of rotatable bonds is 8. The van der Waals surface area contributed by atoms with Gasteiger partial charge in [0.05, 0.1) is 9.85 Å². The number of hydrogen-bond donors (Lipinski definition) is 0. The number of carbonyl (C=O) groups excluding carboxylic acids is 2. The largest absolute Gasteiger partial charge is 0.291 e. The molecule has 0 saturated heterocycles. The van der Waals surface area contributed by atoms with E-state index in [-0.39, 0.29) is 36.0 Å². The van der Waals surface area contributed by atoms with E-state index in [0.29, 0.717) is 11.1 Å². The molecule has 0 atom stereocenters. The third-order valence-electron chi connectivity index (χ3n) is 4.06. The van der Waals surface area contributed by atoms with E-state index in [9.17, 15) is 29.8 Å². The van der Waals surface area contributed by atoms with Gasteiger partial charge < -0.3 is 0 Å². The molecule has 0 aliphatic heterocycles. The van der Waals surface area contributed by atoms with E-state index in [1.165, 1.54) is 70.4 Å². The first-order valence-electron chi connectivity index (χ1n) is 8.30. The zero-order chi connectivity index (χ0) is 21.0. The van der Waals surface area contributed by atoms with Gasteiger partial charge in [0.25, 0.3) is 17.7 Å². The number of aromatic nitrogens is 3. The molecular weight excluding hydrogens is 382 g/mol. The van der Waals surface area contributed by atoms with Crippen LogP contribution in [-0.2, 0) is 13.1 Å². The maximum absolute atomic E-state index is 12.3. The molecule has 0 saturated carbocycles. The van der Waals surface area contributed by atoms with E-state index >= 15 is 0 Å². The SMILES string of the molecule is O=C(Cn1c[n+](CC(=O)c2ccc([N+](=O)[O-])cc2)cn1)c1ccc([N+](=O)[O-])cc1. The van der Waals surface area contributed by atoms with Gasteiger partial charge in [0.15, 0.2) is 18.1 Å². The topological polar surface area (TPSA) is 142 Å². The lowest BCUT2D eigenvalue weighted by Crippen LogP contribution is -2.36. The Hall–Kier alpha value is -4.28. The van der Waals surface area contributed by atoms with Crippen molar-refractivity contribution in [1.82, 2.24) is 9.78 Å². The van der Waals surface area contributed by atoms with Crippen LogP contribution in [0, 0.1) is 20.2 Å². The lowest BCUT2D eigenvalue weighted by Gasteiger charge is -1.99. The Morgan fingerprint density at radius 1 is 0.862 bits per heavy atom. The zero-order valence-electron chi connectivity index (χ0n) is 14.9. The maximum Gasteiger partial charge on any atom is 0.269 e. The lowest BCUT2D eigenvalue weighted by molar-refractivity contribution is -0.683. The van der Waals surface area contributed by atoms with Gasteiger partial charge in [0, 0.05) is 40.5 Å². The van der Waals surface area contributed by atoms with E-state index in [0.717, 1.165) is 0 Å². The van der Waals surface area contributed by atoms with Gasteiger partial charge in [0.1, 0.15) is 6.54 Å². The summed E-state index contributed by atoms with van der Waals surface area (Å²) in [6.07, 6.45) is 2.86. The van der Waals surface area contributed by atoms with E-state index in [2.05, 4.69) is 5.10 Å². The molecule has 3 aromatic rings. The summed E-state index contributed by atoms with van der Waals surface area (Å²) < 4.78 is 2.82. The van der Waals surface area contributed by atoms with Crippen molar-refractivity contribution in [3.63, 3.8) is 0 Å². The quantitative estimate of drug-likeness (QED) is 0.244. The predicted molar refractivity (Wildman–Crippen MR) is 97.3 cm³/mol. The van der Waals surface area contributed by atoms with Crippen LogP contribution in [0.1, 0.15) is 20.7 Å². The number of carbonyl (C=O) groups is 2. The van der Waals surface area contributed by atoms with Crippen LogP contribution in [0.5, 0.6) is 0 Å². The number of nitrogens with zero attached hydrogens (tertiary/aromatic N) is 5. The molecule has 0 unspecified atom stereocenters. The molecule has 1 aromatic heterocycles. The van der Waals surface area contributed by atoms with Crippen molar-refractivity contribution in [1.29, 1.82) is 0 Å². The average Bonchev–Trinajstić information content (AvgIpc) is 3.14. The van der Waals surface area contributed by atoms with E-state index in [4.69, 9.17) is 0 Å². The number of hydrogen-bond acceptors (Lipinski definition) is 7. The summed E-state index contributed by atoms with van der Waals surface area (Å²) in [6, 6.07) is 10.5. The second-order valence-electron chi connectivity index (χ2n) is 6.07. The first-order chi connectivity index (χ1) is 13.8. The van der Waals surface area contributed by atoms with Crippen molar-refractivity contribution >= 4 is 22.9 Å². The minimum atomic E-state index is -0.549. The predicted octanol–water partition coefficient (Wildman–Crippen LogP) is 1.75. The molecule has 0 amide bonds. The minimum absolute atomic E-state index is 0.0521. The van der Waals surface area contributed by atoms with Crippen LogP contribution in [0.3, 0.4) is 0 Å². The maximum atomic E-state index is 12.3. The minimum Gasteiger partial charge on any atom is -0.291 e.